The third-order valence-electron chi connectivity index (χ3n) is 3.94. The molecule has 0 aliphatic rings. The minimum absolute atomic E-state index is 0.0548. The number of carbonyl (C=O) groups is 2. The molecular weight excluding hydrogens is 316 g/mol. The van der Waals surface area contributed by atoms with Gasteiger partial charge in [0.2, 0.25) is 11.8 Å². The highest BCUT2D eigenvalue weighted by Crippen LogP contribution is 2.20. The van der Waals surface area contributed by atoms with E-state index in [9.17, 15) is 9.59 Å². The van der Waals surface area contributed by atoms with E-state index in [0.717, 1.165) is 16.5 Å². The fraction of sp³-hybridized carbons (Fsp3) is 0.211. The molecule has 128 valence electrons. The van der Waals surface area contributed by atoms with Crippen molar-refractivity contribution in [3.8, 4) is 0 Å². The fourth-order valence-corrected chi connectivity index (χ4v) is 2.66. The highest BCUT2D eigenvalue weighted by atomic mass is 16.2. The van der Waals surface area contributed by atoms with Crippen LogP contribution < -0.4 is 10.6 Å². The molecule has 1 aromatic carbocycles. The van der Waals surface area contributed by atoms with E-state index in [1.165, 1.54) is 5.56 Å². The Kier molecular flexibility index (Phi) is 5.09. The van der Waals surface area contributed by atoms with E-state index < -0.39 is 0 Å². The van der Waals surface area contributed by atoms with E-state index in [1.807, 2.05) is 19.2 Å². The number of amides is 2. The van der Waals surface area contributed by atoms with Gasteiger partial charge in [-0.3, -0.25) is 14.6 Å². The van der Waals surface area contributed by atoms with Gasteiger partial charge in [-0.1, -0.05) is 11.6 Å². The molecule has 0 saturated carbocycles. The van der Waals surface area contributed by atoms with E-state index in [-0.39, 0.29) is 18.4 Å². The Morgan fingerprint density at radius 1 is 1.20 bits per heavy atom. The molecular formula is C19H20N4O2. The van der Waals surface area contributed by atoms with Gasteiger partial charge >= 0.3 is 0 Å². The summed E-state index contributed by atoms with van der Waals surface area (Å²) in [5, 5.41) is 6.46. The van der Waals surface area contributed by atoms with Gasteiger partial charge in [0.15, 0.2) is 0 Å². The first-order valence-corrected chi connectivity index (χ1v) is 8.15. The molecule has 0 spiro atoms. The number of aryl methyl sites for hydroxylation is 2. The van der Waals surface area contributed by atoms with Crippen molar-refractivity contribution in [2.45, 2.75) is 19.8 Å². The molecule has 3 N–H and O–H groups in total. The lowest BCUT2D eigenvalue weighted by molar-refractivity contribution is -0.124. The average Bonchev–Trinajstić information content (AvgIpc) is 3.01. The Balaban J connectivity index is 1.47. The minimum atomic E-state index is -0.274. The fourth-order valence-electron chi connectivity index (χ4n) is 2.66. The average molecular weight is 336 g/mol. The number of nitrogens with zero attached hydrogens (tertiary/aromatic N) is 1. The van der Waals surface area contributed by atoms with Crippen LogP contribution in [-0.2, 0) is 16.0 Å². The molecule has 0 fully saturated rings. The van der Waals surface area contributed by atoms with Gasteiger partial charge in [-0.2, -0.15) is 0 Å². The summed E-state index contributed by atoms with van der Waals surface area (Å²) in [6.45, 7) is 1.99. The van der Waals surface area contributed by atoms with Crippen LogP contribution >= 0.6 is 0 Å². The first-order chi connectivity index (χ1) is 12.1. The second kappa shape index (κ2) is 7.61. The highest BCUT2D eigenvalue weighted by molar-refractivity contribution is 5.94. The summed E-state index contributed by atoms with van der Waals surface area (Å²) >= 11 is 0. The van der Waals surface area contributed by atoms with Crippen LogP contribution in [0.3, 0.4) is 0 Å². The Morgan fingerprint density at radius 2 is 2.08 bits per heavy atom. The maximum Gasteiger partial charge on any atom is 0.243 e. The second-order valence-electron chi connectivity index (χ2n) is 5.93. The quantitative estimate of drug-likeness (QED) is 0.646. The van der Waals surface area contributed by atoms with E-state index >= 15 is 0 Å². The summed E-state index contributed by atoms with van der Waals surface area (Å²) in [6, 6.07) is 9.68. The molecule has 2 amide bonds. The Labute approximate surface area is 145 Å². The van der Waals surface area contributed by atoms with Gasteiger partial charge in [-0.15, -0.1) is 0 Å². The van der Waals surface area contributed by atoms with E-state index in [2.05, 4.69) is 32.7 Å². The summed E-state index contributed by atoms with van der Waals surface area (Å²) in [7, 11) is 0. The van der Waals surface area contributed by atoms with Gasteiger partial charge < -0.3 is 15.6 Å². The molecule has 3 aromatic rings. The molecule has 6 nitrogen and oxygen atoms in total. The Bertz CT molecular complexity index is 887. The van der Waals surface area contributed by atoms with E-state index in [0.29, 0.717) is 18.5 Å². The lowest BCUT2D eigenvalue weighted by atomic mass is 10.1. The minimum Gasteiger partial charge on any atom is -0.361 e. The van der Waals surface area contributed by atoms with Crippen LogP contribution in [0.15, 0.2) is 48.9 Å². The van der Waals surface area contributed by atoms with Gasteiger partial charge in [0.1, 0.15) is 0 Å². The van der Waals surface area contributed by atoms with Gasteiger partial charge in [0.05, 0.1) is 18.4 Å². The summed E-state index contributed by atoms with van der Waals surface area (Å²) in [4.78, 5) is 30.9. The van der Waals surface area contributed by atoms with Crippen molar-refractivity contribution in [1.82, 2.24) is 15.3 Å². The predicted octanol–water partition coefficient (Wildman–Crippen LogP) is 2.56. The molecule has 0 unspecified atom stereocenters. The van der Waals surface area contributed by atoms with Crippen molar-refractivity contribution in [2.75, 3.05) is 11.9 Å². The predicted molar refractivity (Wildman–Crippen MR) is 97.2 cm³/mol. The number of aromatic nitrogens is 2. The smallest absolute Gasteiger partial charge is 0.243 e. The number of carbonyl (C=O) groups excluding carboxylic acids is 2. The zero-order valence-corrected chi connectivity index (χ0v) is 14.0. The SMILES string of the molecule is Cc1ccc2[nH]cc(CCC(=O)NCC(=O)Nc3cccnc3)c2c1. The molecule has 0 atom stereocenters. The standard InChI is InChI=1S/C19H20N4O2/c1-13-4-6-17-16(9-13)14(10-21-17)5-7-18(24)22-12-19(25)23-15-3-2-8-20-11-15/h2-4,6,8-11,21H,5,7,12H2,1H3,(H,22,24)(H,23,25). The number of fused-ring (bicyclic) bond motifs is 1. The number of anilines is 1. The molecule has 0 radical (unpaired) electrons. The Hall–Kier alpha value is -3.15. The van der Waals surface area contributed by atoms with Crippen molar-refractivity contribution >= 4 is 28.4 Å². The molecule has 0 aliphatic heterocycles. The third kappa shape index (κ3) is 4.44. The zero-order valence-electron chi connectivity index (χ0n) is 14.0. The van der Waals surface area contributed by atoms with Crippen LogP contribution in [0.25, 0.3) is 10.9 Å². The molecule has 0 bridgehead atoms. The van der Waals surface area contributed by atoms with Crippen LogP contribution in [0, 0.1) is 6.92 Å². The number of rotatable bonds is 6. The summed E-state index contributed by atoms with van der Waals surface area (Å²) < 4.78 is 0. The third-order valence-corrected chi connectivity index (χ3v) is 3.94. The van der Waals surface area contributed by atoms with Crippen molar-refractivity contribution in [3.05, 3.63) is 60.0 Å². The number of hydrogen-bond donors (Lipinski definition) is 3. The maximum atomic E-state index is 12.0. The lowest BCUT2D eigenvalue weighted by Gasteiger charge is -2.06. The summed E-state index contributed by atoms with van der Waals surface area (Å²) in [5.74, 6) is -0.424. The number of H-pyrrole nitrogens is 1. The molecule has 2 heterocycles. The van der Waals surface area contributed by atoms with E-state index in [4.69, 9.17) is 0 Å². The van der Waals surface area contributed by atoms with Gasteiger partial charge in [-0.05, 0) is 43.2 Å². The molecule has 0 aliphatic carbocycles. The number of hydrogen-bond acceptors (Lipinski definition) is 3. The van der Waals surface area contributed by atoms with Crippen LogP contribution in [0.4, 0.5) is 5.69 Å². The van der Waals surface area contributed by atoms with Gasteiger partial charge in [0, 0.05) is 29.7 Å². The summed E-state index contributed by atoms with van der Waals surface area (Å²) in [5.41, 5.74) is 3.96. The van der Waals surface area contributed by atoms with Crippen molar-refractivity contribution < 1.29 is 9.59 Å². The Morgan fingerprint density at radius 3 is 2.88 bits per heavy atom. The van der Waals surface area contributed by atoms with E-state index in [1.54, 1.807) is 24.5 Å². The normalized spacial score (nSPS) is 10.6. The summed E-state index contributed by atoms with van der Waals surface area (Å²) in [6.07, 6.45) is 6.08. The number of pyridine rings is 1. The topological polar surface area (TPSA) is 86.9 Å². The van der Waals surface area contributed by atoms with Gasteiger partial charge in [0.25, 0.3) is 0 Å². The van der Waals surface area contributed by atoms with Crippen LogP contribution in [0.1, 0.15) is 17.5 Å². The van der Waals surface area contributed by atoms with Crippen LogP contribution in [0.5, 0.6) is 0 Å². The van der Waals surface area contributed by atoms with Crippen molar-refractivity contribution in [3.63, 3.8) is 0 Å². The first-order valence-electron chi connectivity index (χ1n) is 8.15. The largest absolute Gasteiger partial charge is 0.361 e. The maximum absolute atomic E-state index is 12.0. The van der Waals surface area contributed by atoms with Crippen molar-refractivity contribution in [1.29, 1.82) is 0 Å². The molecule has 3 rings (SSSR count). The molecule has 0 saturated heterocycles. The number of nitrogens with one attached hydrogen (secondary N) is 3. The zero-order chi connectivity index (χ0) is 17.6. The molecule has 2 aromatic heterocycles. The molecule has 25 heavy (non-hydrogen) atoms. The lowest BCUT2D eigenvalue weighted by Crippen LogP contribution is -2.32. The number of aromatic amines is 1. The second-order valence-corrected chi connectivity index (χ2v) is 5.93. The molecule has 6 heteroatoms. The first kappa shape index (κ1) is 16.7. The number of benzene rings is 1. The van der Waals surface area contributed by atoms with Crippen LogP contribution in [-0.4, -0.2) is 28.3 Å². The van der Waals surface area contributed by atoms with Gasteiger partial charge in [-0.25, -0.2) is 0 Å². The monoisotopic (exact) mass is 336 g/mol. The highest BCUT2D eigenvalue weighted by Gasteiger charge is 2.09. The van der Waals surface area contributed by atoms with Crippen LogP contribution in [0.2, 0.25) is 0 Å². The van der Waals surface area contributed by atoms with Crippen molar-refractivity contribution in [2.24, 2.45) is 0 Å².